The number of nitrogens with one attached hydrogen (secondary N) is 2. The lowest BCUT2D eigenvalue weighted by atomic mass is 10.1. The average molecular weight is 460 g/mol. The molecule has 4 heterocycles. The lowest BCUT2D eigenvalue weighted by molar-refractivity contribution is 0.0793. The molecule has 5 rings (SSSR count). The zero-order valence-electron chi connectivity index (χ0n) is 18.1. The summed E-state index contributed by atoms with van der Waals surface area (Å²) in [4.78, 5) is 42.3. The van der Waals surface area contributed by atoms with Crippen molar-refractivity contribution in [3.63, 3.8) is 0 Å². The van der Waals surface area contributed by atoms with E-state index in [-0.39, 0.29) is 11.5 Å². The number of ether oxygens (including phenoxy) is 1. The largest absolute Gasteiger partial charge is 0.496 e. The molecule has 1 aromatic carbocycles. The van der Waals surface area contributed by atoms with Crippen LogP contribution in [0.1, 0.15) is 16.1 Å². The van der Waals surface area contributed by atoms with E-state index in [4.69, 9.17) is 4.74 Å². The summed E-state index contributed by atoms with van der Waals surface area (Å²) in [6.07, 6.45) is 2.40. The van der Waals surface area contributed by atoms with Crippen molar-refractivity contribution < 1.29 is 9.53 Å². The Morgan fingerprint density at radius 2 is 2.03 bits per heavy atom. The molecule has 2 N–H and O–H groups in total. The molecular weight excluding hydrogens is 438 g/mol. The van der Waals surface area contributed by atoms with Crippen LogP contribution in [0.5, 0.6) is 5.75 Å². The molecule has 0 fully saturated rings. The molecule has 0 aliphatic rings. The number of carbonyl (C=O) groups excluding carboxylic acids is 1. The minimum Gasteiger partial charge on any atom is -0.496 e. The number of carbonyl (C=O) groups is 1. The summed E-state index contributed by atoms with van der Waals surface area (Å²) in [5.74, 6) is 0.309. The molecule has 9 heteroatoms. The number of aromatic nitrogens is 4. The molecule has 0 spiro atoms. The number of fused-ring (bicyclic) bond motifs is 2. The Morgan fingerprint density at radius 3 is 2.82 bits per heavy atom. The number of benzene rings is 1. The smallest absolute Gasteiger partial charge is 0.276 e. The predicted octanol–water partition coefficient (Wildman–Crippen LogP) is 3.85. The molecule has 0 radical (unpaired) electrons. The fourth-order valence-electron chi connectivity index (χ4n) is 3.77. The van der Waals surface area contributed by atoms with Crippen molar-refractivity contribution >= 4 is 39.2 Å². The van der Waals surface area contributed by atoms with Crippen LogP contribution < -0.4 is 10.3 Å². The maximum atomic E-state index is 13.2. The number of pyridine rings is 1. The molecule has 0 bridgehead atoms. The van der Waals surface area contributed by atoms with Gasteiger partial charge in [-0.15, -0.1) is 11.3 Å². The SMILES string of the molecule is COc1cc2[nH]c(-c3nc4cscc4[nH]c3=O)cc2cc1C(=O)N(C)CCc1ccccn1. The van der Waals surface area contributed by atoms with Gasteiger partial charge in [0.2, 0.25) is 0 Å². The van der Waals surface area contributed by atoms with Crippen LogP contribution in [0.2, 0.25) is 0 Å². The zero-order valence-corrected chi connectivity index (χ0v) is 18.9. The van der Waals surface area contributed by atoms with Crippen LogP contribution in [0.4, 0.5) is 0 Å². The second-order valence-corrected chi connectivity index (χ2v) is 8.45. The highest BCUT2D eigenvalue weighted by Crippen LogP contribution is 2.30. The van der Waals surface area contributed by atoms with E-state index in [1.165, 1.54) is 18.4 Å². The Hall–Kier alpha value is -3.98. The van der Waals surface area contributed by atoms with Crippen LogP contribution in [0.15, 0.2) is 58.1 Å². The van der Waals surface area contributed by atoms with Gasteiger partial charge in [0.25, 0.3) is 11.5 Å². The van der Waals surface area contributed by atoms with Gasteiger partial charge < -0.3 is 19.6 Å². The van der Waals surface area contributed by atoms with Gasteiger partial charge in [-0.25, -0.2) is 4.98 Å². The molecule has 0 aliphatic carbocycles. The lowest BCUT2D eigenvalue weighted by Crippen LogP contribution is -2.29. The Bertz CT molecular complexity index is 1520. The topological polar surface area (TPSA) is 104 Å². The van der Waals surface area contributed by atoms with Crippen LogP contribution in [0.3, 0.4) is 0 Å². The van der Waals surface area contributed by atoms with Gasteiger partial charge in [-0.3, -0.25) is 14.6 Å². The fourth-order valence-corrected chi connectivity index (χ4v) is 4.46. The molecule has 0 saturated heterocycles. The molecule has 0 aliphatic heterocycles. The van der Waals surface area contributed by atoms with Crippen molar-refractivity contribution in [2.45, 2.75) is 6.42 Å². The first-order valence-electron chi connectivity index (χ1n) is 10.4. The Balaban J connectivity index is 1.47. The molecule has 1 amide bonds. The molecule has 0 unspecified atom stereocenters. The summed E-state index contributed by atoms with van der Waals surface area (Å²) in [6, 6.07) is 11.1. The third-order valence-corrected chi connectivity index (χ3v) is 6.27. The first kappa shape index (κ1) is 20.9. The first-order chi connectivity index (χ1) is 16.0. The highest BCUT2D eigenvalue weighted by atomic mass is 32.1. The molecular formula is C24H21N5O3S. The average Bonchev–Trinajstić information content (AvgIpc) is 3.46. The Morgan fingerprint density at radius 1 is 1.15 bits per heavy atom. The molecule has 5 aromatic rings. The standard InChI is InChI=1S/C24H21N5O3S/c1-29(8-6-15-5-3-4-7-25-15)24(31)16-9-14-10-18(26-17(14)11-21(16)32-2)22-23(30)28-20-13-33-12-19(20)27-22/h3-5,7,9-13,26H,6,8H2,1-2H3,(H,28,30). The van der Waals surface area contributed by atoms with E-state index < -0.39 is 0 Å². The number of methoxy groups -OCH3 is 1. The van der Waals surface area contributed by atoms with Crippen molar-refractivity contribution in [1.82, 2.24) is 24.8 Å². The van der Waals surface area contributed by atoms with Gasteiger partial charge >= 0.3 is 0 Å². The van der Waals surface area contributed by atoms with E-state index in [1.807, 2.05) is 35.0 Å². The van der Waals surface area contributed by atoms with Gasteiger partial charge in [0, 0.05) is 59.6 Å². The van der Waals surface area contributed by atoms with Crippen LogP contribution in [-0.4, -0.2) is 51.4 Å². The summed E-state index contributed by atoms with van der Waals surface area (Å²) in [6.45, 7) is 0.523. The number of hydrogen-bond acceptors (Lipinski definition) is 6. The predicted molar refractivity (Wildman–Crippen MR) is 129 cm³/mol. The number of nitrogens with zero attached hydrogens (tertiary/aromatic N) is 3. The first-order valence-corrected chi connectivity index (χ1v) is 11.3. The third-order valence-electron chi connectivity index (χ3n) is 5.54. The van der Waals surface area contributed by atoms with Crippen molar-refractivity contribution in [3.05, 3.63) is 75.0 Å². The fraction of sp³-hybridized carbons (Fsp3) is 0.167. The molecule has 8 nitrogen and oxygen atoms in total. The van der Waals surface area contributed by atoms with Crippen molar-refractivity contribution in [2.75, 3.05) is 20.7 Å². The number of rotatable bonds is 6. The number of thiophene rings is 1. The van der Waals surface area contributed by atoms with E-state index in [0.29, 0.717) is 41.2 Å². The van der Waals surface area contributed by atoms with Gasteiger partial charge in [0.1, 0.15) is 5.75 Å². The van der Waals surface area contributed by atoms with Gasteiger partial charge in [0.05, 0.1) is 29.4 Å². The molecule has 33 heavy (non-hydrogen) atoms. The number of likely N-dealkylation sites (N-methyl/N-ethyl adjacent to an activating group) is 1. The molecule has 0 saturated carbocycles. The van der Waals surface area contributed by atoms with Gasteiger partial charge in [-0.1, -0.05) is 6.07 Å². The molecule has 166 valence electrons. The highest BCUT2D eigenvalue weighted by Gasteiger charge is 2.20. The summed E-state index contributed by atoms with van der Waals surface area (Å²) in [7, 11) is 3.30. The number of aromatic amines is 2. The Labute approximate surface area is 192 Å². The summed E-state index contributed by atoms with van der Waals surface area (Å²) >= 11 is 1.48. The second-order valence-electron chi connectivity index (χ2n) is 7.71. The van der Waals surface area contributed by atoms with Crippen LogP contribution in [-0.2, 0) is 6.42 Å². The van der Waals surface area contributed by atoms with E-state index in [9.17, 15) is 9.59 Å². The highest BCUT2D eigenvalue weighted by molar-refractivity contribution is 7.09. The number of amides is 1. The summed E-state index contributed by atoms with van der Waals surface area (Å²) < 4.78 is 5.51. The lowest BCUT2D eigenvalue weighted by Gasteiger charge is -2.18. The van der Waals surface area contributed by atoms with Crippen molar-refractivity contribution in [1.29, 1.82) is 0 Å². The quantitative estimate of drug-likeness (QED) is 0.401. The maximum Gasteiger partial charge on any atom is 0.276 e. The summed E-state index contributed by atoms with van der Waals surface area (Å²) in [5.41, 5.74) is 4.19. The third kappa shape index (κ3) is 3.98. The maximum absolute atomic E-state index is 13.2. The van der Waals surface area contributed by atoms with Crippen molar-refractivity contribution in [2.24, 2.45) is 0 Å². The van der Waals surface area contributed by atoms with Crippen LogP contribution in [0, 0.1) is 0 Å². The normalized spacial score (nSPS) is 11.2. The zero-order chi connectivity index (χ0) is 22.9. The molecule has 4 aromatic heterocycles. The van der Waals surface area contributed by atoms with E-state index in [1.54, 1.807) is 30.3 Å². The van der Waals surface area contributed by atoms with Gasteiger partial charge in [-0.2, -0.15) is 0 Å². The van der Waals surface area contributed by atoms with Crippen LogP contribution in [0.25, 0.3) is 33.3 Å². The van der Waals surface area contributed by atoms with Crippen LogP contribution >= 0.6 is 11.3 Å². The minimum atomic E-state index is -0.273. The van der Waals surface area contributed by atoms with Gasteiger partial charge in [0.15, 0.2) is 5.69 Å². The van der Waals surface area contributed by atoms with Crippen molar-refractivity contribution in [3.8, 4) is 17.1 Å². The Kier molecular flexibility index (Phi) is 5.39. The second kappa shape index (κ2) is 8.51. The minimum absolute atomic E-state index is 0.150. The number of H-pyrrole nitrogens is 2. The van der Waals surface area contributed by atoms with E-state index >= 15 is 0 Å². The summed E-state index contributed by atoms with van der Waals surface area (Å²) in [5, 5.41) is 4.53. The van der Waals surface area contributed by atoms with Gasteiger partial charge in [-0.05, 0) is 24.3 Å². The number of hydrogen-bond donors (Lipinski definition) is 2. The molecule has 0 atom stereocenters. The monoisotopic (exact) mass is 459 g/mol. The van der Waals surface area contributed by atoms with E-state index in [0.717, 1.165) is 22.1 Å². The van der Waals surface area contributed by atoms with E-state index in [2.05, 4.69) is 19.9 Å².